The Morgan fingerprint density at radius 2 is 2.00 bits per heavy atom. The van der Waals surface area contributed by atoms with Crippen LogP contribution in [0.5, 0.6) is 0 Å². The largest absolute Gasteiger partial charge is 0.338 e. The molecule has 1 heterocycles. The van der Waals surface area contributed by atoms with E-state index in [-0.39, 0.29) is 5.91 Å². The van der Waals surface area contributed by atoms with Crippen molar-refractivity contribution in [2.24, 2.45) is 17.6 Å². The van der Waals surface area contributed by atoms with Crippen LogP contribution in [-0.4, -0.2) is 28.9 Å². The molecule has 2 N–H and O–H groups in total. The molecule has 2 fully saturated rings. The Morgan fingerprint density at radius 1 is 1.38 bits per heavy atom. The maximum Gasteiger partial charge on any atom is 0.242 e. The normalized spacial score (nSPS) is 29.6. The summed E-state index contributed by atoms with van der Waals surface area (Å²) in [5, 5.41) is 0. The van der Waals surface area contributed by atoms with Gasteiger partial charge in [-0.2, -0.15) is 0 Å². The summed E-state index contributed by atoms with van der Waals surface area (Å²) in [5.74, 6) is 1.15. The van der Waals surface area contributed by atoms with Crippen LogP contribution in [0.2, 0.25) is 0 Å². The van der Waals surface area contributed by atoms with Crippen LogP contribution in [0.4, 0.5) is 0 Å². The summed E-state index contributed by atoms with van der Waals surface area (Å²) in [4.78, 5) is 14.5. The van der Waals surface area contributed by atoms with E-state index in [2.05, 4.69) is 13.8 Å². The number of amides is 1. The maximum absolute atomic E-state index is 12.5. The van der Waals surface area contributed by atoms with Gasteiger partial charge in [0.25, 0.3) is 0 Å². The van der Waals surface area contributed by atoms with Crippen LogP contribution < -0.4 is 5.73 Å². The molecule has 0 aromatic carbocycles. The summed E-state index contributed by atoms with van der Waals surface area (Å²) in [6.45, 7) is 7.21. The van der Waals surface area contributed by atoms with Crippen molar-refractivity contribution in [3.05, 3.63) is 0 Å². The molecule has 0 aromatic heterocycles. The average molecular weight is 224 g/mol. The first-order valence-corrected chi connectivity index (χ1v) is 6.54. The SMILES string of the molecule is CC(C)C1CCCN1C(=O)C(C)(N)C1CC1. The van der Waals surface area contributed by atoms with Gasteiger partial charge in [-0.05, 0) is 44.4 Å². The molecule has 0 aromatic rings. The lowest BCUT2D eigenvalue weighted by atomic mass is 9.93. The standard InChI is InChI=1S/C13H24N2O/c1-9(2)11-5-4-8-15(11)12(16)13(3,14)10-6-7-10/h9-11H,4-8,14H2,1-3H3. The van der Waals surface area contributed by atoms with Crippen molar-refractivity contribution >= 4 is 5.91 Å². The second-order valence-electron chi connectivity index (χ2n) is 6.01. The van der Waals surface area contributed by atoms with Gasteiger partial charge in [-0.3, -0.25) is 4.79 Å². The Bertz CT molecular complexity index is 282. The van der Waals surface area contributed by atoms with E-state index in [1.165, 1.54) is 0 Å². The third-order valence-electron chi connectivity index (χ3n) is 4.22. The predicted octanol–water partition coefficient (Wildman–Crippen LogP) is 1.76. The summed E-state index contributed by atoms with van der Waals surface area (Å²) in [5.41, 5.74) is 5.60. The van der Waals surface area contributed by atoms with Crippen LogP contribution in [0, 0.1) is 11.8 Å². The second kappa shape index (κ2) is 4.02. The van der Waals surface area contributed by atoms with E-state index in [0.29, 0.717) is 17.9 Å². The Kier molecular flexibility index (Phi) is 2.99. The Hall–Kier alpha value is -0.570. The zero-order valence-corrected chi connectivity index (χ0v) is 10.7. The third kappa shape index (κ3) is 1.97. The van der Waals surface area contributed by atoms with Crippen LogP contribution in [0.15, 0.2) is 0 Å². The lowest BCUT2D eigenvalue weighted by molar-refractivity contribution is -0.138. The molecule has 2 unspecified atom stereocenters. The zero-order chi connectivity index (χ0) is 11.9. The van der Waals surface area contributed by atoms with E-state index in [1.807, 2.05) is 11.8 Å². The lowest BCUT2D eigenvalue weighted by Gasteiger charge is -2.34. The number of hydrogen-bond acceptors (Lipinski definition) is 2. The zero-order valence-electron chi connectivity index (χ0n) is 10.7. The second-order valence-corrected chi connectivity index (χ2v) is 6.01. The molecule has 16 heavy (non-hydrogen) atoms. The fraction of sp³-hybridized carbons (Fsp3) is 0.923. The summed E-state index contributed by atoms with van der Waals surface area (Å²) < 4.78 is 0. The fourth-order valence-corrected chi connectivity index (χ4v) is 2.90. The van der Waals surface area contributed by atoms with Crippen molar-refractivity contribution in [2.75, 3.05) is 6.54 Å². The Balaban J connectivity index is 2.08. The van der Waals surface area contributed by atoms with E-state index in [0.717, 1.165) is 32.2 Å². The smallest absolute Gasteiger partial charge is 0.242 e. The van der Waals surface area contributed by atoms with E-state index in [4.69, 9.17) is 5.73 Å². The van der Waals surface area contributed by atoms with Crippen molar-refractivity contribution < 1.29 is 4.79 Å². The van der Waals surface area contributed by atoms with E-state index >= 15 is 0 Å². The molecular formula is C13H24N2O. The molecule has 0 spiro atoms. The van der Waals surface area contributed by atoms with E-state index < -0.39 is 5.54 Å². The number of carbonyl (C=O) groups excluding carboxylic acids is 1. The molecule has 0 radical (unpaired) electrons. The van der Waals surface area contributed by atoms with E-state index in [9.17, 15) is 4.79 Å². The van der Waals surface area contributed by atoms with Gasteiger partial charge in [-0.25, -0.2) is 0 Å². The molecule has 2 rings (SSSR count). The Morgan fingerprint density at radius 3 is 2.50 bits per heavy atom. The molecular weight excluding hydrogens is 200 g/mol. The van der Waals surface area contributed by atoms with Gasteiger partial charge >= 0.3 is 0 Å². The topological polar surface area (TPSA) is 46.3 Å². The van der Waals surface area contributed by atoms with Crippen molar-refractivity contribution in [3.63, 3.8) is 0 Å². The van der Waals surface area contributed by atoms with Crippen molar-refractivity contribution in [2.45, 2.75) is 58.0 Å². The van der Waals surface area contributed by atoms with Gasteiger partial charge < -0.3 is 10.6 Å². The molecule has 0 bridgehead atoms. The molecule has 2 aliphatic rings. The summed E-state index contributed by atoms with van der Waals surface area (Å²) in [7, 11) is 0. The highest BCUT2D eigenvalue weighted by Crippen LogP contribution is 2.40. The quantitative estimate of drug-likeness (QED) is 0.794. The molecule has 92 valence electrons. The minimum Gasteiger partial charge on any atom is -0.338 e. The van der Waals surface area contributed by atoms with Gasteiger partial charge in [0.2, 0.25) is 5.91 Å². The van der Waals surface area contributed by atoms with E-state index in [1.54, 1.807) is 0 Å². The molecule has 1 saturated heterocycles. The number of hydrogen-bond donors (Lipinski definition) is 1. The summed E-state index contributed by atoms with van der Waals surface area (Å²) in [6, 6.07) is 0.411. The molecule has 1 saturated carbocycles. The molecule has 1 aliphatic carbocycles. The minimum absolute atomic E-state index is 0.186. The molecule has 1 amide bonds. The van der Waals surface area contributed by atoms with Gasteiger partial charge in [-0.1, -0.05) is 13.8 Å². The number of carbonyl (C=O) groups is 1. The van der Waals surface area contributed by atoms with Gasteiger partial charge in [-0.15, -0.1) is 0 Å². The van der Waals surface area contributed by atoms with Crippen LogP contribution in [-0.2, 0) is 4.79 Å². The predicted molar refractivity (Wildman–Crippen MR) is 64.9 cm³/mol. The number of rotatable bonds is 3. The number of nitrogens with zero attached hydrogens (tertiary/aromatic N) is 1. The van der Waals surface area contributed by atoms with Gasteiger partial charge in [0, 0.05) is 12.6 Å². The summed E-state index contributed by atoms with van der Waals surface area (Å²) >= 11 is 0. The lowest BCUT2D eigenvalue weighted by Crippen LogP contribution is -2.56. The number of nitrogens with two attached hydrogens (primary N) is 1. The van der Waals surface area contributed by atoms with Crippen LogP contribution in [0.25, 0.3) is 0 Å². The maximum atomic E-state index is 12.5. The highest BCUT2D eigenvalue weighted by molar-refractivity contribution is 5.87. The van der Waals surface area contributed by atoms with Crippen molar-refractivity contribution in [1.29, 1.82) is 0 Å². The molecule has 2 atom stereocenters. The Labute approximate surface area is 98.4 Å². The monoisotopic (exact) mass is 224 g/mol. The number of likely N-dealkylation sites (tertiary alicyclic amines) is 1. The first-order valence-electron chi connectivity index (χ1n) is 6.54. The van der Waals surface area contributed by atoms with Crippen molar-refractivity contribution in [1.82, 2.24) is 4.90 Å². The van der Waals surface area contributed by atoms with Gasteiger partial charge in [0.1, 0.15) is 0 Å². The fourth-order valence-electron chi connectivity index (χ4n) is 2.90. The van der Waals surface area contributed by atoms with Crippen LogP contribution in [0.1, 0.15) is 46.5 Å². The van der Waals surface area contributed by atoms with Crippen LogP contribution >= 0.6 is 0 Å². The minimum atomic E-state index is -0.614. The first-order chi connectivity index (χ1) is 7.44. The average Bonchev–Trinajstić information content (AvgIpc) is 2.95. The first kappa shape index (κ1) is 11.9. The third-order valence-corrected chi connectivity index (χ3v) is 4.22. The van der Waals surface area contributed by atoms with Gasteiger partial charge in [0.05, 0.1) is 5.54 Å². The molecule has 1 aliphatic heterocycles. The molecule has 3 nitrogen and oxygen atoms in total. The highest BCUT2D eigenvalue weighted by atomic mass is 16.2. The summed E-state index contributed by atoms with van der Waals surface area (Å²) in [6.07, 6.45) is 4.53. The molecule has 3 heteroatoms. The van der Waals surface area contributed by atoms with Crippen molar-refractivity contribution in [3.8, 4) is 0 Å². The highest BCUT2D eigenvalue weighted by Gasteiger charge is 2.48. The van der Waals surface area contributed by atoms with Gasteiger partial charge in [0.15, 0.2) is 0 Å². The van der Waals surface area contributed by atoms with Crippen LogP contribution in [0.3, 0.4) is 0 Å².